The second-order valence-corrected chi connectivity index (χ2v) is 5.63. The number of alkyl halides is 3. The van der Waals surface area contributed by atoms with Crippen LogP contribution in [-0.2, 0) is 10.1 Å². The maximum absolute atomic E-state index is 12.2. The van der Waals surface area contributed by atoms with Crippen LogP contribution in [-0.4, -0.2) is 21.0 Å². The maximum atomic E-state index is 12.2. The molecule has 1 aromatic rings. The van der Waals surface area contributed by atoms with E-state index in [1.54, 1.807) is 6.92 Å². The summed E-state index contributed by atoms with van der Waals surface area (Å²) in [5.74, 6) is -0.643. The molecule has 0 aliphatic carbocycles. The SMILES string of the molecule is COc1cc(C)c(Br)cc1OS(=O)(=O)C(F)(F)F. The van der Waals surface area contributed by atoms with Gasteiger partial charge in [-0.15, -0.1) is 0 Å². The molecule has 0 aliphatic heterocycles. The van der Waals surface area contributed by atoms with Crippen molar-refractivity contribution < 1.29 is 30.5 Å². The molecule has 0 unspecified atom stereocenters. The average Bonchev–Trinajstić information content (AvgIpc) is 2.21. The molecule has 0 heterocycles. The van der Waals surface area contributed by atoms with Crippen LogP contribution < -0.4 is 8.92 Å². The Morgan fingerprint density at radius 3 is 2.22 bits per heavy atom. The van der Waals surface area contributed by atoms with Crippen LogP contribution in [0, 0.1) is 6.92 Å². The summed E-state index contributed by atoms with van der Waals surface area (Å²) in [7, 11) is -4.52. The first-order valence-corrected chi connectivity index (χ1v) is 6.63. The zero-order valence-corrected chi connectivity index (χ0v) is 11.6. The van der Waals surface area contributed by atoms with E-state index in [0.717, 1.165) is 6.07 Å². The van der Waals surface area contributed by atoms with E-state index >= 15 is 0 Å². The van der Waals surface area contributed by atoms with Crippen molar-refractivity contribution >= 4 is 26.0 Å². The Morgan fingerprint density at radius 2 is 1.78 bits per heavy atom. The molecule has 18 heavy (non-hydrogen) atoms. The lowest BCUT2D eigenvalue weighted by Gasteiger charge is -2.13. The van der Waals surface area contributed by atoms with Crippen LogP contribution in [0.5, 0.6) is 11.5 Å². The highest BCUT2D eigenvalue weighted by molar-refractivity contribution is 9.10. The summed E-state index contributed by atoms with van der Waals surface area (Å²) in [5.41, 5.74) is -4.83. The van der Waals surface area contributed by atoms with Crippen LogP contribution in [0.2, 0.25) is 0 Å². The monoisotopic (exact) mass is 348 g/mol. The lowest BCUT2D eigenvalue weighted by atomic mass is 10.2. The van der Waals surface area contributed by atoms with E-state index in [2.05, 4.69) is 20.1 Å². The Kier molecular flexibility index (Phi) is 4.16. The van der Waals surface area contributed by atoms with Crippen LogP contribution in [0.15, 0.2) is 16.6 Å². The predicted octanol–water partition coefficient (Wildman–Crippen LogP) is 2.99. The lowest BCUT2D eigenvalue weighted by Crippen LogP contribution is -2.28. The molecule has 0 atom stereocenters. The standard InChI is InChI=1S/C9H8BrF3O4S/c1-5-3-7(16-2)8(4-6(5)10)17-18(14,15)9(11,12)13/h3-4H,1-2H3. The second kappa shape index (κ2) is 4.96. The number of hydrogen-bond acceptors (Lipinski definition) is 4. The van der Waals surface area contributed by atoms with Crippen molar-refractivity contribution in [2.45, 2.75) is 12.4 Å². The fourth-order valence-corrected chi connectivity index (χ4v) is 1.81. The molecule has 0 bridgehead atoms. The molecular weight excluding hydrogens is 341 g/mol. The topological polar surface area (TPSA) is 52.6 Å². The molecular formula is C9H8BrF3O4S. The molecule has 4 nitrogen and oxygen atoms in total. The summed E-state index contributed by atoms with van der Waals surface area (Å²) in [6.07, 6.45) is 0. The summed E-state index contributed by atoms with van der Waals surface area (Å²) < 4.78 is 67.4. The van der Waals surface area contributed by atoms with Gasteiger partial charge >= 0.3 is 15.6 Å². The fraction of sp³-hybridized carbons (Fsp3) is 0.333. The third-order valence-corrected chi connectivity index (χ3v) is 3.75. The number of hydrogen-bond donors (Lipinski definition) is 0. The highest BCUT2D eigenvalue weighted by Crippen LogP contribution is 2.36. The molecule has 9 heteroatoms. The molecule has 1 rings (SSSR count). The van der Waals surface area contributed by atoms with Crippen LogP contribution in [0.4, 0.5) is 13.2 Å². The first kappa shape index (κ1) is 15.1. The summed E-state index contributed by atoms with van der Waals surface area (Å²) in [6, 6.07) is 2.45. The van der Waals surface area contributed by atoms with Gasteiger partial charge in [-0.2, -0.15) is 21.6 Å². The number of ether oxygens (including phenoxy) is 1. The van der Waals surface area contributed by atoms with Crippen LogP contribution >= 0.6 is 15.9 Å². The van der Waals surface area contributed by atoms with E-state index in [4.69, 9.17) is 4.74 Å². The molecule has 0 saturated heterocycles. The molecule has 0 fully saturated rings. The Labute approximate surface area is 110 Å². The van der Waals surface area contributed by atoms with Gasteiger partial charge in [0.15, 0.2) is 11.5 Å². The van der Waals surface area contributed by atoms with Gasteiger partial charge in [0.2, 0.25) is 0 Å². The van der Waals surface area contributed by atoms with Gasteiger partial charge in [-0.25, -0.2) is 0 Å². The minimum absolute atomic E-state index is 0.108. The van der Waals surface area contributed by atoms with Crippen molar-refractivity contribution in [3.8, 4) is 11.5 Å². The molecule has 0 amide bonds. The maximum Gasteiger partial charge on any atom is 0.534 e. The van der Waals surface area contributed by atoms with Gasteiger partial charge in [0.1, 0.15) is 0 Å². The third kappa shape index (κ3) is 3.08. The lowest BCUT2D eigenvalue weighted by molar-refractivity contribution is -0.0500. The molecule has 0 saturated carbocycles. The van der Waals surface area contributed by atoms with Crippen molar-refractivity contribution in [3.63, 3.8) is 0 Å². The summed E-state index contributed by atoms with van der Waals surface area (Å²) in [4.78, 5) is 0. The van der Waals surface area contributed by atoms with Crippen molar-refractivity contribution in [2.24, 2.45) is 0 Å². The quantitative estimate of drug-likeness (QED) is 0.622. The zero-order valence-electron chi connectivity index (χ0n) is 9.21. The molecule has 0 N–H and O–H groups in total. The normalized spacial score (nSPS) is 12.3. The minimum Gasteiger partial charge on any atom is -0.493 e. The Hall–Kier alpha value is -0.960. The van der Waals surface area contributed by atoms with Crippen LogP contribution in [0.25, 0.3) is 0 Å². The van der Waals surface area contributed by atoms with Gasteiger partial charge in [-0.05, 0) is 18.6 Å². The van der Waals surface area contributed by atoms with Crippen molar-refractivity contribution in [3.05, 3.63) is 22.2 Å². The van der Waals surface area contributed by atoms with E-state index in [-0.39, 0.29) is 5.75 Å². The van der Waals surface area contributed by atoms with Gasteiger partial charge in [-0.1, -0.05) is 15.9 Å². The Balaban J connectivity index is 3.24. The summed E-state index contributed by atoms with van der Waals surface area (Å²) >= 11 is 3.06. The molecule has 0 spiro atoms. The van der Waals surface area contributed by atoms with Gasteiger partial charge < -0.3 is 8.92 Å². The average molecular weight is 349 g/mol. The Bertz CT molecular complexity index is 554. The first-order valence-electron chi connectivity index (χ1n) is 4.43. The second-order valence-electron chi connectivity index (χ2n) is 3.24. The van der Waals surface area contributed by atoms with Crippen molar-refractivity contribution in [2.75, 3.05) is 7.11 Å². The van der Waals surface area contributed by atoms with Gasteiger partial charge in [0.05, 0.1) is 7.11 Å². The smallest absolute Gasteiger partial charge is 0.493 e. The number of aryl methyl sites for hydroxylation is 1. The largest absolute Gasteiger partial charge is 0.534 e. The molecule has 0 aromatic heterocycles. The van der Waals surface area contributed by atoms with Crippen LogP contribution in [0.1, 0.15) is 5.56 Å². The first-order chi connectivity index (χ1) is 8.08. The van der Waals surface area contributed by atoms with Crippen molar-refractivity contribution in [1.82, 2.24) is 0 Å². The number of rotatable bonds is 3. The number of halogens is 4. The third-order valence-electron chi connectivity index (χ3n) is 1.93. The van der Waals surface area contributed by atoms with Crippen LogP contribution in [0.3, 0.4) is 0 Å². The minimum atomic E-state index is -5.71. The van der Waals surface area contributed by atoms with E-state index < -0.39 is 21.4 Å². The highest BCUT2D eigenvalue weighted by Gasteiger charge is 2.49. The highest BCUT2D eigenvalue weighted by atomic mass is 79.9. The molecule has 1 aromatic carbocycles. The number of benzene rings is 1. The van der Waals surface area contributed by atoms with E-state index in [9.17, 15) is 21.6 Å². The predicted molar refractivity (Wildman–Crippen MR) is 61.0 cm³/mol. The van der Waals surface area contributed by atoms with Gasteiger partial charge in [0.25, 0.3) is 0 Å². The summed E-state index contributed by atoms with van der Waals surface area (Å²) in [5, 5.41) is 0. The zero-order chi connectivity index (χ0) is 14.1. The van der Waals surface area contributed by atoms with E-state index in [1.165, 1.54) is 13.2 Å². The molecule has 102 valence electrons. The summed E-state index contributed by atoms with van der Waals surface area (Å²) in [6.45, 7) is 1.66. The van der Waals surface area contributed by atoms with Gasteiger partial charge in [0, 0.05) is 10.5 Å². The fourth-order valence-electron chi connectivity index (χ4n) is 1.03. The Morgan fingerprint density at radius 1 is 1.22 bits per heavy atom. The van der Waals surface area contributed by atoms with Gasteiger partial charge in [-0.3, -0.25) is 0 Å². The molecule has 0 aliphatic rings. The van der Waals surface area contributed by atoms with E-state index in [0.29, 0.717) is 10.0 Å². The van der Waals surface area contributed by atoms with E-state index in [1.807, 2.05) is 0 Å². The molecule has 0 radical (unpaired) electrons. The van der Waals surface area contributed by atoms with Crippen molar-refractivity contribution in [1.29, 1.82) is 0 Å². The number of methoxy groups -OCH3 is 1.